The normalized spacial score (nSPS) is 12.3. The first-order chi connectivity index (χ1) is 7.70. The predicted molar refractivity (Wildman–Crippen MR) is 63.2 cm³/mol. The molecule has 1 unspecified atom stereocenters. The van der Waals surface area contributed by atoms with E-state index in [1.807, 2.05) is 6.92 Å². The lowest BCUT2D eigenvalue weighted by Gasteiger charge is -2.11. The Kier molecular flexibility index (Phi) is 2.93. The minimum atomic E-state index is 0.113. The number of imidazole rings is 1. The second kappa shape index (κ2) is 4.37. The molecule has 2 N–H and O–H groups in total. The highest BCUT2D eigenvalue weighted by Gasteiger charge is 2.10. The van der Waals surface area contributed by atoms with E-state index in [1.54, 1.807) is 6.33 Å². The molecule has 2 rings (SSSR count). The van der Waals surface area contributed by atoms with Gasteiger partial charge < -0.3 is 10.3 Å². The van der Waals surface area contributed by atoms with Crippen molar-refractivity contribution in [1.82, 2.24) is 19.9 Å². The first-order valence-electron chi connectivity index (χ1n) is 4.77. The molecule has 6 heteroatoms. The van der Waals surface area contributed by atoms with Crippen molar-refractivity contribution in [3.05, 3.63) is 11.6 Å². The van der Waals surface area contributed by atoms with Crippen molar-refractivity contribution in [1.29, 1.82) is 0 Å². The Morgan fingerprint density at radius 1 is 1.62 bits per heavy atom. The summed E-state index contributed by atoms with van der Waals surface area (Å²) < 4.78 is 0. The van der Waals surface area contributed by atoms with E-state index in [1.165, 1.54) is 0 Å². The Morgan fingerprint density at radius 2 is 2.44 bits per heavy atom. The molecule has 2 heterocycles. The minimum Gasteiger partial charge on any atom is -0.365 e. The number of H-pyrrole nitrogens is 1. The third-order valence-electron chi connectivity index (χ3n) is 2.07. The number of nitrogens with zero attached hydrogens (tertiary/aromatic N) is 3. The molecular weight excluding hydrogens is 226 g/mol. The van der Waals surface area contributed by atoms with Gasteiger partial charge in [0.25, 0.3) is 0 Å². The molecule has 2 aromatic heterocycles. The average Bonchev–Trinajstić information content (AvgIpc) is 2.65. The van der Waals surface area contributed by atoms with Crippen LogP contribution in [0, 0.1) is 12.3 Å². The molecule has 0 bridgehead atoms. The first-order valence-corrected chi connectivity index (χ1v) is 5.15. The van der Waals surface area contributed by atoms with Crippen LogP contribution in [0.25, 0.3) is 11.2 Å². The molecule has 0 aliphatic rings. The van der Waals surface area contributed by atoms with Crippen molar-refractivity contribution in [2.45, 2.75) is 19.4 Å². The standard InChI is InChI=1S/C10H10ClN5/c1-3-4-6(2)14-9-7-8(13-5-12-7)15-10(11)16-9/h1,5-6H,4H2,2H3,(H2,12,13,14,15,16). The number of aromatic amines is 1. The molecule has 0 spiro atoms. The number of rotatable bonds is 3. The maximum absolute atomic E-state index is 5.78. The van der Waals surface area contributed by atoms with Crippen LogP contribution < -0.4 is 5.32 Å². The maximum Gasteiger partial charge on any atom is 0.226 e. The fraction of sp³-hybridized carbons (Fsp3) is 0.300. The highest BCUT2D eigenvalue weighted by Crippen LogP contribution is 2.19. The van der Waals surface area contributed by atoms with E-state index in [0.717, 1.165) is 5.52 Å². The van der Waals surface area contributed by atoms with Crippen LogP contribution in [0.5, 0.6) is 0 Å². The maximum atomic E-state index is 5.78. The van der Waals surface area contributed by atoms with Crippen LogP contribution in [-0.2, 0) is 0 Å². The summed E-state index contributed by atoms with van der Waals surface area (Å²) in [7, 11) is 0. The van der Waals surface area contributed by atoms with E-state index in [9.17, 15) is 0 Å². The zero-order valence-corrected chi connectivity index (χ0v) is 9.41. The van der Waals surface area contributed by atoms with E-state index in [2.05, 4.69) is 31.2 Å². The van der Waals surface area contributed by atoms with Crippen molar-refractivity contribution >= 4 is 28.6 Å². The molecule has 82 valence electrons. The molecule has 0 saturated heterocycles. The quantitative estimate of drug-likeness (QED) is 0.629. The highest BCUT2D eigenvalue weighted by atomic mass is 35.5. The molecule has 0 aromatic carbocycles. The predicted octanol–water partition coefficient (Wildman–Crippen LogP) is 1.83. The zero-order chi connectivity index (χ0) is 11.5. The molecule has 5 nitrogen and oxygen atoms in total. The molecule has 0 saturated carbocycles. The lowest BCUT2D eigenvalue weighted by molar-refractivity contribution is 0.822. The summed E-state index contributed by atoms with van der Waals surface area (Å²) in [6.45, 7) is 1.97. The van der Waals surface area contributed by atoms with Gasteiger partial charge in [-0.05, 0) is 18.5 Å². The third kappa shape index (κ3) is 2.07. The lowest BCUT2D eigenvalue weighted by Crippen LogP contribution is -2.15. The Bertz CT molecular complexity index is 542. The number of hydrogen-bond donors (Lipinski definition) is 2. The Hall–Kier alpha value is -1.80. The van der Waals surface area contributed by atoms with Crippen LogP contribution >= 0.6 is 11.6 Å². The largest absolute Gasteiger partial charge is 0.365 e. The molecule has 0 aliphatic heterocycles. The van der Waals surface area contributed by atoms with Gasteiger partial charge in [-0.15, -0.1) is 12.3 Å². The molecule has 16 heavy (non-hydrogen) atoms. The number of anilines is 1. The third-order valence-corrected chi connectivity index (χ3v) is 2.23. The Morgan fingerprint density at radius 3 is 3.19 bits per heavy atom. The van der Waals surface area contributed by atoms with Crippen molar-refractivity contribution in [3.63, 3.8) is 0 Å². The summed E-state index contributed by atoms with van der Waals surface area (Å²) >= 11 is 5.78. The van der Waals surface area contributed by atoms with Crippen molar-refractivity contribution in [2.24, 2.45) is 0 Å². The second-order valence-electron chi connectivity index (χ2n) is 3.40. The number of nitrogens with one attached hydrogen (secondary N) is 2. The van der Waals surface area contributed by atoms with E-state index in [4.69, 9.17) is 18.0 Å². The van der Waals surface area contributed by atoms with Gasteiger partial charge in [0.1, 0.15) is 5.52 Å². The summed E-state index contributed by atoms with van der Waals surface area (Å²) in [5.41, 5.74) is 1.27. The molecule has 0 amide bonds. The van der Waals surface area contributed by atoms with Gasteiger partial charge >= 0.3 is 0 Å². The Labute approximate surface area is 97.7 Å². The van der Waals surface area contributed by atoms with Crippen LogP contribution in [0.2, 0.25) is 5.28 Å². The van der Waals surface area contributed by atoms with Gasteiger partial charge in [-0.2, -0.15) is 9.97 Å². The van der Waals surface area contributed by atoms with Crippen LogP contribution in [0.4, 0.5) is 5.82 Å². The topological polar surface area (TPSA) is 66.5 Å². The minimum absolute atomic E-state index is 0.113. The van der Waals surface area contributed by atoms with Gasteiger partial charge in [-0.1, -0.05) is 0 Å². The second-order valence-corrected chi connectivity index (χ2v) is 3.73. The number of halogens is 1. The first kappa shape index (κ1) is 10.7. The van der Waals surface area contributed by atoms with E-state index in [0.29, 0.717) is 17.9 Å². The molecule has 2 aromatic rings. The van der Waals surface area contributed by atoms with Gasteiger partial charge in [0.05, 0.1) is 6.33 Å². The van der Waals surface area contributed by atoms with E-state index in [-0.39, 0.29) is 11.3 Å². The highest BCUT2D eigenvalue weighted by molar-refractivity contribution is 6.28. The van der Waals surface area contributed by atoms with Crippen molar-refractivity contribution < 1.29 is 0 Å². The van der Waals surface area contributed by atoms with Crippen LogP contribution in [-0.4, -0.2) is 26.0 Å². The van der Waals surface area contributed by atoms with Gasteiger partial charge in [0, 0.05) is 12.5 Å². The molecule has 0 aliphatic carbocycles. The van der Waals surface area contributed by atoms with Crippen molar-refractivity contribution in [2.75, 3.05) is 5.32 Å². The Balaban J connectivity index is 2.36. The average molecular weight is 236 g/mol. The monoisotopic (exact) mass is 235 g/mol. The number of hydrogen-bond acceptors (Lipinski definition) is 4. The molecule has 1 atom stereocenters. The SMILES string of the molecule is C#CCC(C)Nc1nc(Cl)nc2nc[nH]c12. The van der Waals surface area contributed by atoms with Gasteiger partial charge in [0.2, 0.25) is 5.28 Å². The lowest BCUT2D eigenvalue weighted by atomic mass is 10.2. The fourth-order valence-electron chi connectivity index (χ4n) is 1.37. The van der Waals surface area contributed by atoms with Gasteiger partial charge in [0.15, 0.2) is 11.5 Å². The smallest absolute Gasteiger partial charge is 0.226 e. The van der Waals surface area contributed by atoms with Crippen molar-refractivity contribution in [3.8, 4) is 12.3 Å². The number of aromatic nitrogens is 4. The van der Waals surface area contributed by atoms with Crippen LogP contribution in [0.15, 0.2) is 6.33 Å². The summed E-state index contributed by atoms with van der Waals surface area (Å²) in [6.07, 6.45) is 7.39. The van der Waals surface area contributed by atoms with Crippen LogP contribution in [0.1, 0.15) is 13.3 Å². The van der Waals surface area contributed by atoms with E-state index < -0.39 is 0 Å². The summed E-state index contributed by atoms with van der Waals surface area (Å²) in [4.78, 5) is 15.1. The fourth-order valence-corrected chi connectivity index (χ4v) is 1.54. The summed E-state index contributed by atoms with van der Waals surface area (Å²) in [5.74, 6) is 3.20. The summed E-state index contributed by atoms with van der Waals surface area (Å²) in [6, 6.07) is 0.113. The van der Waals surface area contributed by atoms with Gasteiger partial charge in [-0.25, -0.2) is 4.98 Å². The molecular formula is C10H10ClN5. The van der Waals surface area contributed by atoms with Gasteiger partial charge in [-0.3, -0.25) is 0 Å². The molecule has 0 fully saturated rings. The summed E-state index contributed by atoms with van der Waals surface area (Å²) in [5, 5.41) is 3.33. The van der Waals surface area contributed by atoms with E-state index >= 15 is 0 Å². The zero-order valence-electron chi connectivity index (χ0n) is 8.66. The molecule has 0 radical (unpaired) electrons. The van der Waals surface area contributed by atoms with Crippen LogP contribution in [0.3, 0.4) is 0 Å². The number of fused-ring (bicyclic) bond motifs is 1. The number of terminal acetylenes is 1.